The lowest BCUT2D eigenvalue weighted by molar-refractivity contribution is -0.118. The molecule has 1 fully saturated rings. The number of fused-ring (bicyclic) bond motifs is 1. The number of benzene rings is 1. The molecular formula is C14H11ClN4O2. The molecule has 1 saturated heterocycles. The molecule has 6 nitrogen and oxygen atoms in total. The molecule has 0 aliphatic carbocycles. The topological polar surface area (TPSA) is 74.7 Å². The number of amides is 3. The zero-order chi connectivity index (χ0) is 15.0. The molecular weight excluding hydrogens is 292 g/mol. The van der Waals surface area contributed by atoms with E-state index in [1.54, 1.807) is 0 Å². The average Bonchev–Trinajstić information content (AvgIpc) is 2.76. The van der Waals surface area contributed by atoms with E-state index in [0.717, 1.165) is 21.5 Å². The van der Waals surface area contributed by atoms with Gasteiger partial charge in [0.05, 0.1) is 11.7 Å². The number of imide groups is 1. The lowest BCUT2D eigenvalue weighted by Crippen LogP contribution is -2.24. The summed E-state index contributed by atoms with van der Waals surface area (Å²) in [4.78, 5) is 26.8. The number of nitrogens with zero attached hydrogens (tertiary/aromatic N) is 3. The number of urea groups is 1. The molecule has 2 heterocycles. The summed E-state index contributed by atoms with van der Waals surface area (Å²) >= 11 is 6.14. The van der Waals surface area contributed by atoms with E-state index in [1.807, 2.05) is 31.2 Å². The van der Waals surface area contributed by atoms with Gasteiger partial charge < -0.3 is 0 Å². The number of hydrogen-bond acceptors (Lipinski definition) is 4. The number of hydrazone groups is 1. The van der Waals surface area contributed by atoms with Crippen LogP contribution in [-0.4, -0.2) is 34.7 Å². The van der Waals surface area contributed by atoms with E-state index in [4.69, 9.17) is 11.6 Å². The van der Waals surface area contributed by atoms with Crippen LogP contribution in [0.15, 0.2) is 29.4 Å². The molecule has 1 aromatic carbocycles. The number of halogens is 1. The van der Waals surface area contributed by atoms with E-state index in [1.165, 1.54) is 6.21 Å². The minimum Gasteiger partial charge on any atom is -0.275 e. The number of pyridine rings is 1. The summed E-state index contributed by atoms with van der Waals surface area (Å²) in [5.41, 5.74) is 2.44. The van der Waals surface area contributed by atoms with Gasteiger partial charge in [-0.3, -0.25) is 10.1 Å². The van der Waals surface area contributed by atoms with E-state index >= 15 is 0 Å². The molecule has 3 rings (SSSR count). The van der Waals surface area contributed by atoms with Crippen molar-refractivity contribution in [3.63, 3.8) is 0 Å². The summed E-state index contributed by atoms with van der Waals surface area (Å²) in [7, 11) is 0. The number of aromatic nitrogens is 1. The molecule has 0 unspecified atom stereocenters. The van der Waals surface area contributed by atoms with E-state index in [2.05, 4.69) is 15.4 Å². The van der Waals surface area contributed by atoms with Crippen LogP contribution in [0, 0.1) is 6.92 Å². The third-order valence-electron chi connectivity index (χ3n) is 3.14. The second kappa shape index (κ2) is 5.14. The van der Waals surface area contributed by atoms with E-state index < -0.39 is 6.03 Å². The lowest BCUT2D eigenvalue weighted by Gasteiger charge is -2.06. The monoisotopic (exact) mass is 302 g/mol. The lowest BCUT2D eigenvalue weighted by atomic mass is 10.1. The van der Waals surface area contributed by atoms with Crippen LogP contribution in [0.1, 0.15) is 11.1 Å². The fourth-order valence-corrected chi connectivity index (χ4v) is 2.28. The first-order valence-electron chi connectivity index (χ1n) is 6.26. The van der Waals surface area contributed by atoms with Crippen molar-refractivity contribution in [1.29, 1.82) is 0 Å². The van der Waals surface area contributed by atoms with Crippen LogP contribution in [0.3, 0.4) is 0 Å². The second-order valence-electron chi connectivity index (χ2n) is 4.67. The molecule has 1 aliphatic rings. The average molecular weight is 303 g/mol. The van der Waals surface area contributed by atoms with Crippen LogP contribution >= 0.6 is 11.6 Å². The first-order chi connectivity index (χ1) is 10.0. The Morgan fingerprint density at radius 3 is 2.95 bits per heavy atom. The van der Waals surface area contributed by atoms with Gasteiger partial charge in [0.15, 0.2) is 0 Å². The van der Waals surface area contributed by atoms with Crippen molar-refractivity contribution in [2.75, 3.05) is 6.54 Å². The van der Waals surface area contributed by atoms with Crippen molar-refractivity contribution in [3.05, 3.63) is 40.5 Å². The smallest absolute Gasteiger partial charge is 0.275 e. The van der Waals surface area contributed by atoms with Crippen molar-refractivity contribution in [2.45, 2.75) is 6.92 Å². The van der Waals surface area contributed by atoms with Gasteiger partial charge in [0.2, 0.25) is 5.91 Å². The van der Waals surface area contributed by atoms with E-state index in [0.29, 0.717) is 10.7 Å². The summed E-state index contributed by atoms with van der Waals surface area (Å²) in [6.07, 6.45) is 1.43. The number of hydrogen-bond donors (Lipinski definition) is 1. The Morgan fingerprint density at radius 1 is 1.43 bits per heavy atom. The Balaban J connectivity index is 1.96. The molecule has 3 amide bonds. The SMILES string of the molecule is Cc1cccc2cc(/C=N\N3CC(=O)NC3=O)c(Cl)nc12. The maximum atomic E-state index is 11.4. The van der Waals surface area contributed by atoms with Crippen molar-refractivity contribution in [2.24, 2.45) is 5.10 Å². The Kier molecular flexibility index (Phi) is 3.31. The molecule has 1 N–H and O–H groups in total. The van der Waals surface area contributed by atoms with Crippen LogP contribution in [0.2, 0.25) is 5.15 Å². The van der Waals surface area contributed by atoms with Crippen molar-refractivity contribution in [3.8, 4) is 0 Å². The number of rotatable bonds is 2. The predicted molar refractivity (Wildman–Crippen MR) is 79.3 cm³/mol. The van der Waals surface area contributed by atoms with Crippen molar-refractivity contribution >= 4 is 40.7 Å². The van der Waals surface area contributed by atoms with Gasteiger partial charge in [0.1, 0.15) is 11.7 Å². The molecule has 1 aliphatic heterocycles. The molecule has 0 atom stereocenters. The molecule has 0 saturated carbocycles. The number of carbonyl (C=O) groups is 2. The third kappa shape index (κ3) is 2.57. The van der Waals surface area contributed by atoms with Crippen molar-refractivity contribution < 1.29 is 9.59 Å². The first kappa shape index (κ1) is 13.5. The molecule has 21 heavy (non-hydrogen) atoms. The highest BCUT2D eigenvalue weighted by Gasteiger charge is 2.25. The Morgan fingerprint density at radius 2 is 2.24 bits per heavy atom. The Hall–Kier alpha value is -2.47. The minimum absolute atomic E-state index is 0.0902. The summed E-state index contributed by atoms with van der Waals surface area (Å²) in [5.74, 6) is -0.379. The van der Waals surface area contributed by atoms with Gasteiger partial charge in [-0.2, -0.15) is 5.10 Å². The summed E-state index contributed by atoms with van der Waals surface area (Å²) in [6.45, 7) is 1.87. The number of para-hydroxylation sites is 1. The third-order valence-corrected chi connectivity index (χ3v) is 3.44. The summed E-state index contributed by atoms with van der Waals surface area (Å²) in [6, 6.07) is 7.11. The van der Waals surface area contributed by atoms with Gasteiger partial charge in [-0.05, 0) is 18.6 Å². The first-order valence-corrected chi connectivity index (χ1v) is 6.63. The number of nitrogens with one attached hydrogen (secondary N) is 1. The largest absolute Gasteiger partial charge is 0.344 e. The van der Waals surface area contributed by atoms with Gasteiger partial charge in [-0.15, -0.1) is 0 Å². The highest BCUT2D eigenvalue weighted by Crippen LogP contribution is 2.22. The van der Waals surface area contributed by atoms with Crippen LogP contribution in [0.5, 0.6) is 0 Å². The Bertz CT molecular complexity index is 788. The fourth-order valence-electron chi connectivity index (χ4n) is 2.09. The fraction of sp³-hybridized carbons (Fsp3) is 0.143. The van der Waals surface area contributed by atoms with Gasteiger partial charge in [-0.25, -0.2) is 14.8 Å². The van der Waals surface area contributed by atoms with Crippen LogP contribution in [0.25, 0.3) is 10.9 Å². The zero-order valence-corrected chi connectivity index (χ0v) is 11.9. The summed E-state index contributed by atoms with van der Waals surface area (Å²) in [5, 5.41) is 8.38. The highest BCUT2D eigenvalue weighted by molar-refractivity contribution is 6.32. The van der Waals surface area contributed by atoms with Crippen LogP contribution < -0.4 is 5.32 Å². The number of aryl methyl sites for hydroxylation is 1. The van der Waals surface area contributed by atoms with Gasteiger partial charge in [-0.1, -0.05) is 29.8 Å². The second-order valence-corrected chi connectivity index (χ2v) is 5.03. The van der Waals surface area contributed by atoms with Crippen LogP contribution in [0.4, 0.5) is 4.79 Å². The van der Waals surface area contributed by atoms with Crippen LogP contribution in [-0.2, 0) is 4.79 Å². The standard InChI is InChI=1S/C14H11ClN4O2/c1-8-3-2-4-9-5-10(13(15)18-12(8)9)6-16-19-7-11(20)17-14(19)21/h2-6H,7H2,1H3,(H,17,20,21)/b16-6-. The molecule has 7 heteroatoms. The molecule has 1 aromatic heterocycles. The number of carbonyl (C=O) groups excluding carboxylic acids is 2. The molecule has 106 valence electrons. The highest BCUT2D eigenvalue weighted by atomic mass is 35.5. The zero-order valence-electron chi connectivity index (χ0n) is 11.1. The quantitative estimate of drug-likeness (QED) is 0.524. The normalized spacial score (nSPS) is 15.2. The minimum atomic E-state index is -0.544. The molecule has 0 radical (unpaired) electrons. The van der Waals surface area contributed by atoms with Gasteiger partial charge >= 0.3 is 6.03 Å². The predicted octanol–water partition coefficient (Wildman–Crippen LogP) is 2.08. The molecule has 0 bridgehead atoms. The molecule has 2 aromatic rings. The summed E-state index contributed by atoms with van der Waals surface area (Å²) < 4.78 is 0. The van der Waals surface area contributed by atoms with E-state index in [9.17, 15) is 9.59 Å². The Labute approximate surface area is 125 Å². The van der Waals surface area contributed by atoms with Gasteiger partial charge in [0, 0.05) is 10.9 Å². The van der Waals surface area contributed by atoms with Gasteiger partial charge in [0.25, 0.3) is 0 Å². The van der Waals surface area contributed by atoms with Crippen molar-refractivity contribution in [1.82, 2.24) is 15.3 Å². The van der Waals surface area contributed by atoms with E-state index in [-0.39, 0.29) is 12.5 Å². The molecule has 0 spiro atoms. The maximum absolute atomic E-state index is 11.4. The maximum Gasteiger partial charge on any atom is 0.344 e.